The van der Waals surface area contributed by atoms with Crippen LogP contribution in [0.1, 0.15) is 54.7 Å². The number of benzene rings is 2. The normalized spacial score (nSPS) is 14.9. The van der Waals surface area contributed by atoms with Crippen molar-refractivity contribution in [3.05, 3.63) is 70.2 Å². The molecule has 0 saturated heterocycles. The van der Waals surface area contributed by atoms with Gasteiger partial charge in [-0.1, -0.05) is 41.9 Å². The highest BCUT2D eigenvalue weighted by Gasteiger charge is 2.32. The molecule has 1 heterocycles. The number of ether oxygens (including phenoxy) is 1. The lowest BCUT2D eigenvalue weighted by Gasteiger charge is -2.34. The van der Waals surface area contributed by atoms with E-state index in [9.17, 15) is 9.59 Å². The van der Waals surface area contributed by atoms with E-state index in [1.54, 1.807) is 39.0 Å². The summed E-state index contributed by atoms with van der Waals surface area (Å²) < 4.78 is 5.27. The van der Waals surface area contributed by atoms with Gasteiger partial charge >= 0.3 is 6.09 Å². The zero-order valence-corrected chi connectivity index (χ0v) is 17.5. The molecule has 1 aliphatic heterocycles. The summed E-state index contributed by atoms with van der Waals surface area (Å²) in [4.78, 5) is 30.8. The molecule has 3 rings (SSSR count). The number of nitrogens with zero attached hydrogens (tertiary/aromatic N) is 1. The lowest BCUT2D eigenvalue weighted by Crippen LogP contribution is -2.40. The van der Waals surface area contributed by atoms with E-state index < -0.39 is 17.7 Å². The number of carbonyl (C=O) groups is 2. The van der Waals surface area contributed by atoms with Crippen LogP contribution in [0, 0.1) is 0 Å². The van der Waals surface area contributed by atoms with Crippen LogP contribution in [-0.4, -0.2) is 29.2 Å². The third-order valence-electron chi connectivity index (χ3n) is 4.41. The van der Waals surface area contributed by atoms with Gasteiger partial charge in [0.2, 0.25) is 0 Å². The fourth-order valence-electron chi connectivity index (χ4n) is 3.16. The minimum Gasteiger partial charge on any atom is -0.444 e. The van der Waals surface area contributed by atoms with Gasteiger partial charge in [0, 0.05) is 17.1 Å². The summed E-state index contributed by atoms with van der Waals surface area (Å²) in [5.41, 5.74) is 1.72. The summed E-state index contributed by atoms with van der Waals surface area (Å²) in [6.45, 7) is 6.02. The summed E-state index contributed by atoms with van der Waals surface area (Å²) in [7, 11) is 0. The Labute approximate surface area is 175 Å². The smallest absolute Gasteiger partial charge is 0.407 e. The monoisotopic (exact) mass is 416 g/mol. The predicted molar refractivity (Wildman–Crippen MR) is 110 cm³/mol. The van der Waals surface area contributed by atoms with Crippen LogP contribution in [0.25, 0.3) is 0 Å². The molecule has 0 aromatic heterocycles. The Hall–Kier alpha value is -2.57. The zero-order valence-electron chi connectivity index (χ0n) is 16.8. The molecular formula is C22H25ClN2O4. The lowest BCUT2D eigenvalue weighted by atomic mass is 10.0. The van der Waals surface area contributed by atoms with Crippen LogP contribution in [0.4, 0.5) is 4.79 Å². The maximum Gasteiger partial charge on any atom is 0.407 e. The molecule has 0 saturated carbocycles. The Morgan fingerprint density at radius 3 is 2.72 bits per heavy atom. The van der Waals surface area contributed by atoms with E-state index in [0.29, 0.717) is 30.2 Å². The third-order valence-corrected chi connectivity index (χ3v) is 4.64. The Bertz CT molecular complexity index is 894. The van der Waals surface area contributed by atoms with Gasteiger partial charge in [0.25, 0.3) is 5.91 Å². The summed E-state index contributed by atoms with van der Waals surface area (Å²) in [5, 5.41) is 4.69. The molecule has 1 unspecified atom stereocenters. The lowest BCUT2D eigenvalue weighted by molar-refractivity contribution is -0.167. The maximum absolute atomic E-state index is 13.1. The van der Waals surface area contributed by atoms with Gasteiger partial charge in [-0.05, 0) is 56.5 Å². The van der Waals surface area contributed by atoms with Crippen molar-refractivity contribution in [2.24, 2.45) is 0 Å². The summed E-state index contributed by atoms with van der Waals surface area (Å²) in [6, 6.07) is 14.3. The first-order valence-corrected chi connectivity index (χ1v) is 9.89. The Morgan fingerprint density at radius 1 is 1.24 bits per heavy atom. The molecule has 0 spiro atoms. The van der Waals surface area contributed by atoms with E-state index in [1.807, 2.05) is 30.3 Å². The number of hydrogen-bond acceptors (Lipinski definition) is 4. The molecule has 0 fully saturated rings. The third kappa shape index (κ3) is 5.49. The minimum atomic E-state index is -0.577. The molecule has 0 bridgehead atoms. The predicted octanol–water partition coefficient (Wildman–Crippen LogP) is 4.88. The van der Waals surface area contributed by atoms with Crippen molar-refractivity contribution >= 4 is 23.6 Å². The van der Waals surface area contributed by atoms with E-state index in [0.717, 1.165) is 11.1 Å². The van der Waals surface area contributed by atoms with E-state index in [2.05, 4.69) is 5.32 Å². The molecule has 2 aromatic carbocycles. The quantitative estimate of drug-likeness (QED) is 0.753. The first-order valence-electron chi connectivity index (χ1n) is 9.51. The number of halogens is 1. The number of rotatable bonds is 5. The van der Waals surface area contributed by atoms with E-state index in [-0.39, 0.29) is 5.91 Å². The Morgan fingerprint density at radius 2 is 2.00 bits per heavy atom. The zero-order chi connectivity index (χ0) is 21.0. The van der Waals surface area contributed by atoms with Crippen molar-refractivity contribution < 1.29 is 19.2 Å². The van der Waals surface area contributed by atoms with E-state index in [1.165, 1.54) is 5.06 Å². The van der Waals surface area contributed by atoms with Crippen LogP contribution in [0.5, 0.6) is 0 Å². The Kier molecular flexibility index (Phi) is 6.45. The number of hydrogen-bond donors (Lipinski definition) is 1. The molecule has 7 heteroatoms. The summed E-state index contributed by atoms with van der Waals surface area (Å²) in [5.74, 6) is -0.214. The second kappa shape index (κ2) is 8.84. The molecule has 154 valence electrons. The maximum atomic E-state index is 13.1. The van der Waals surface area contributed by atoms with Crippen molar-refractivity contribution in [3.63, 3.8) is 0 Å². The van der Waals surface area contributed by atoms with Crippen LogP contribution in [-0.2, 0) is 16.2 Å². The molecule has 1 aliphatic rings. The standard InChI is InChI=1S/C22H25ClN2O4/c1-22(2,3)29-21(27)24-12-11-19(15-8-6-9-17(23)13-15)25-20(26)18-10-5-4-7-16(18)14-28-25/h4-10,13,19H,11-12,14H2,1-3H3,(H,24,27). The molecule has 0 radical (unpaired) electrons. The molecule has 6 nitrogen and oxygen atoms in total. The highest BCUT2D eigenvalue weighted by molar-refractivity contribution is 6.30. The first kappa shape index (κ1) is 21.1. The van der Waals surface area contributed by atoms with Crippen molar-refractivity contribution in [3.8, 4) is 0 Å². The topological polar surface area (TPSA) is 67.9 Å². The molecule has 29 heavy (non-hydrogen) atoms. The van der Waals surface area contributed by atoms with Crippen molar-refractivity contribution in [2.75, 3.05) is 6.54 Å². The van der Waals surface area contributed by atoms with Gasteiger partial charge < -0.3 is 10.1 Å². The van der Waals surface area contributed by atoms with Gasteiger partial charge in [-0.15, -0.1) is 0 Å². The van der Waals surface area contributed by atoms with Crippen LogP contribution in [0.15, 0.2) is 48.5 Å². The SMILES string of the molecule is CC(C)(C)OC(=O)NCCC(c1cccc(Cl)c1)N1OCc2ccccc2C1=O. The minimum absolute atomic E-state index is 0.214. The van der Waals surface area contributed by atoms with E-state index >= 15 is 0 Å². The number of carbonyl (C=O) groups excluding carboxylic acids is 2. The summed E-state index contributed by atoms with van der Waals surface area (Å²) >= 11 is 6.17. The number of alkyl carbamates (subject to hydrolysis) is 1. The van der Waals surface area contributed by atoms with Gasteiger partial charge in [-0.2, -0.15) is 0 Å². The summed E-state index contributed by atoms with van der Waals surface area (Å²) in [6.07, 6.45) is -0.0633. The number of nitrogens with one attached hydrogen (secondary N) is 1. The molecular weight excluding hydrogens is 392 g/mol. The van der Waals surface area contributed by atoms with Crippen LogP contribution in [0.3, 0.4) is 0 Å². The average molecular weight is 417 g/mol. The van der Waals surface area contributed by atoms with Gasteiger partial charge in [0.1, 0.15) is 12.2 Å². The van der Waals surface area contributed by atoms with Gasteiger partial charge in [0.05, 0.1) is 6.04 Å². The molecule has 0 aliphatic carbocycles. The fraction of sp³-hybridized carbons (Fsp3) is 0.364. The second-order valence-corrected chi connectivity index (χ2v) is 8.29. The first-order chi connectivity index (χ1) is 13.7. The second-order valence-electron chi connectivity index (χ2n) is 7.85. The van der Waals surface area contributed by atoms with Gasteiger partial charge in [0.15, 0.2) is 0 Å². The Balaban J connectivity index is 1.78. The molecule has 1 atom stereocenters. The number of fused-ring (bicyclic) bond motifs is 1. The molecule has 2 amide bonds. The van der Waals surface area contributed by atoms with Crippen LogP contribution >= 0.6 is 11.6 Å². The molecule has 1 N–H and O–H groups in total. The van der Waals surface area contributed by atoms with Crippen molar-refractivity contribution in [2.45, 2.75) is 45.4 Å². The van der Waals surface area contributed by atoms with Gasteiger partial charge in [-0.3, -0.25) is 9.63 Å². The van der Waals surface area contributed by atoms with Crippen LogP contribution in [0.2, 0.25) is 5.02 Å². The largest absolute Gasteiger partial charge is 0.444 e. The molecule has 2 aromatic rings. The highest BCUT2D eigenvalue weighted by Crippen LogP contribution is 2.32. The number of hydroxylamine groups is 2. The number of amides is 2. The van der Waals surface area contributed by atoms with Crippen LogP contribution < -0.4 is 5.32 Å². The van der Waals surface area contributed by atoms with Crippen molar-refractivity contribution in [1.82, 2.24) is 10.4 Å². The average Bonchev–Trinajstić information content (AvgIpc) is 2.65. The highest BCUT2D eigenvalue weighted by atomic mass is 35.5. The van der Waals surface area contributed by atoms with Crippen molar-refractivity contribution in [1.29, 1.82) is 0 Å². The fourth-order valence-corrected chi connectivity index (χ4v) is 3.36. The van der Waals surface area contributed by atoms with E-state index in [4.69, 9.17) is 21.2 Å². The van der Waals surface area contributed by atoms with Gasteiger partial charge in [-0.25, -0.2) is 9.86 Å².